The van der Waals surface area contributed by atoms with E-state index in [1.165, 1.54) is 11.1 Å². The Labute approximate surface area is 129 Å². The molecule has 1 fully saturated rings. The predicted octanol–water partition coefficient (Wildman–Crippen LogP) is 3.62. The molecular formula is C18H29NO2. The summed E-state index contributed by atoms with van der Waals surface area (Å²) >= 11 is 0. The van der Waals surface area contributed by atoms with Crippen LogP contribution < -0.4 is 5.32 Å². The normalized spacial score (nSPS) is 20.7. The van der Waals surface area contributed by atoms with Gasteiger partial charge in [0.2, 0.25) is 0 Å². The van der Waals surface area contributed by atoms with Gasteiger partial charge in [-0.2, -0.15) is 0 Å². The molecule has 1 N–H and O–H groups in total. The summed E-state index contributed by atoms with van der Waals surface area (Å²) < 4.78 is 11.9. The van der Waals surface area contributed by atoms with Crippen LogP contribution in [0.15, 0.2) is 24.3 Å². The monoisotopic (exact) mass is 291 g/mol. The van der Waals surface area contributed by atoms with Crippen LogP contribution >= 0.6 is 0 Å². The summed E-state index contributed by atoms with van der Waals surface area (Å²) in [6.07, 6.45) is 2.62. The predicted molar refractivity (Wildman–Crippen MR) is 86.6 cm³/mol. The Kier molecular flexibility index (Phi) is 5.80. The van der Waals surface area contributed by atoms with Crippen LogP contribution in [0.5, 0.6) is 0 Å². The third kappa shape index (κ3) is 5.42. The Hall–Kier alpha value is -0.900. The van der Waals surface area contributed by atoms with E-state index in [-0.39, 0.29) is 17.7 Å². The quantitative estimate of drug-likeness (QED) is 0.868. The molecule has 0 amide bonds. The first-order chi connectivity index (χ1) is 9.96. The van der Waals surface area contributed by atoms with Crippen molar-refractivity contribution in [1.82, 2.24) is 5.32 Å². The lowest BCUT2D eigenvalue weighted by atomic mass is 10.0. The van der Waals surface area contributed by atoms with E-state index in [1.807, 2.05) is 0 Å². The third-order valence-corrected chi connectivity index (χ3v) is 3.86. The second kappa shape index (κ2) is 7.39. The van der Waals surface area contributed by atoms with E-state index >= 15 is 0 Å². The maximum absolute atomic E-state index is 6.20. The van der Waals surface area contributed by atoms with Crippen LogP contribution in [0.3, 0.4) is 0 Å². The van der Waals surface area contributed by atoms with Gasteiger partial charge in [0.1, 0.15) is 0 Å². The van der Waals surface area contributed by atoms with Gasteiger partial charge >= 0.3 is 0 Å². The van der Waals surface area contributed by atoms with E-state index < -0.39 is 0 Å². The van der Waals surface area contributed by atoms with Gasteiger partial charge in [-0.05, 0) is 51.7 Å². The van der Waals surface area contributed by atoms with Gasteiger partial charge in [0.25, 0.3) is 0 Å². The fourth-order valence-electron chi connectivity index (χ4n) is 2.60. The van der Waals surface area contributed by atoms with Gasteiger partial charge in [-0.1, -0.05) is 24.3 Å². The van der Waals surface area contributed by atoms with Crippen LogP contribution in [-0.2, 0) is 9.47 Å². The number of hydrogen-bond acceptors (Lipinski definition) is 3. The molecule has 1 aromatic rings. The Bertz CT molecular complexity index is 433. The molecule has 118 valence electrons. The number of rotatable bonds is 6. The molecule has 0 aliphatic carbocycles. The molecule has 3 heteroatoms. The van der Waals surface area contributed by atoms with Gasteiger partial charge in [0.05, 0.1) is 18.8 Å². The summed E-state index contributed by atoms with van der Waals surface area (Å²) in [4.78, 5) is 0. The lowest BCUT2D eigenvalue weighted by Gasteiger charge is -2.27. The van der Waals surface area contributed by atoms with E-state index in [0.717, 1.165) is 26.0 Å². The molecule has 1 saturated heterocycles. The van der Waals surface area contributed by atoms with Crippen LogP contribution in [0.4, 0.5) is 0 Å². The zero-order chi connectivity index (χ0) is 15.3. The topological polar surface area (TPSA) is 30.5 Å². The first-order valence-electron chi connectivity index (χ1n) is 7.99. The summed E-state index contributed by atoms with van der Waals surface area (Å²) in [7, 11) is 0. The van der Waals surface area contributed by atoms with E-state index in [9.17, 15) is 0 Å². The number of hydrogen-bond donors (Lipinski definition) is 1. The number of aryl methyl sites for hydroxylation is 1. The Morgan fingerprint density at radius 3 is 2.71 bits per heavy atom. The second-order valence-electron chi connectivity index (χ2n) is 6.94. The molecular weight excluding hydrogens is 262 g/mol. The molecule has 21 heavy (non-hydrogen) atoms. The first-order valence-corrected chi connectivity index (χ1v) is 7.99. The highest BCUT2D eigenvalue weighted by atomic mass is 16.5. The van der Waals surface area contributed by atoms with E-state index in [0.29, 0.717) is 6.61 Å². The van der Waals surface area contributed by atoms with Gasteiger partial charge < -0.3 is 14.8 Å². The van der Waals surface area contributed by atoms with Gasteiger partial charge in [0, 0.05) is 18.7 Å². The number of nitrogens with one attached hydrogen (secondary N) is 1. The van der Waals surface area contributed by atoms with Crippen molar-refractivity contribution in [2.24, 2.45) is 0 Å². The SMILES string of the molecule is Cc1ccccc1C(CNC(C)(C)C)OCC1CCCO1. The van der Waals surface area contributed by atoms with Gasteiger partial charge in [0.15, 0.2) is 0 Å². The number of benzene rings is 1. The molecule has 1 aliphatic rings. The highest BCUT2D eigenvalue weighted by molar-refractivity contribution is 5.28. The fraction of sp³-hybridized carbons (Fsp3) is 0.667. The molecule has 2 rings (SSSR count). The van der Waals surface area contributed by atoms with Gasteiger partial charge in [-0.25, -0.2) is 0 Å². The summed E-state index contributed by atoms with van der Waals surface area (Å²) in [5.74, 6) is 0. The van der Waals surface area contributed by atoms with Crippen molar-refractivity contribution < 1.29 is 9.47 Å². The van der Waals surface area contributed by atoms with Crippen molar-refractivity contribution in [3.63, 3.8) is 0 Å². The lowest BCUT2D eigenvalue weighted by molar-refractivity contribution is -0.0228. The minimum absolute atomic E-state index is 0.0784. The second-order valence-corrected chi connectivity index (χ2v) is 6.94. The van der Waals surface area contributed by atoms with Gasteiger partial charge in [-0.3, -0.25) is 0 Å². The molecule has 0 saturated carbocycles. The summed E-state index contributed by atoms with van der Waals surface area (Å²) in [5, 5.41) is 3.56. The van der Waals surface area contributed by atoms with Crippen molar-refractivity contribution >= 4 is 0 Å². The molecule has 0 radical (unpaired) electrons. The van der Waals surface area contributed by atoms with E-state index in [2.05, 4.69) is 57.3 Å². The molecule has 1 aliphatic heterocycles. The Balaban J connectivity index is 2.00. The molecule has 0 bridgehead atoms. The largest absolute Gasteiger partial charge is 0.376 e. The molecule has 1 heterocycles. The van der Waals surface area contributed by atoms with Crippen LogP contribution in [-0.4, -0.2) is 31.4 Å². The van der Waals surface area contributed by atoms with Crippen molar-refractivity contribution in [3.05, 3.63) is 35.4 Å². The molecule has 3 nitrogen and oxygen atoms in total. The maximum atomic E-state index is 6.20. The number of ether oxygens (including phenoxy) is 2. The van der Waals surface area contributed by atoms with Crippen molar-refractivity contribution in [2.45, 2.75) is 58.3 Å². The lowest BCUT2D eigenvalue weighted by Crippen LogP contribution is -2.39. The van der Waals surface area contributed by atoms with Crippen molar-refractivity contribution in [3.8, 4) is 0 Å². The summed E-state index contributed by atoms with van der Waals surface area (Å²) in [5.41, 5.74) is 2.64. The average molecular weight is 291 g/mol. The Morgan fingerprint density at radius 2 is 2.10 bits per heavy atom. The Morgan fingerprint density at radius 1 is 1.33 bits per heavy atom. The summed E-state index contributed by atoms with van der Waals surface area (Å²) in [6, 6.07) is 8.48. The zero-order valence-electron chi connectivity index (χ0n) is 13.8. The fourth-order valence-corrected chi connectivity index (χ4v) is 2.60. The van der Waals surface area contributed by atoms with E-state index in [4.69, 9.17) is 9.47 Å². The third-order valence-electron chi connectivity index (χ3n) is 3.86. The van der Waals surface area contributed by atoms with Crippen LogP contribution in [0, 0.1) is 6.92 Å². The standard InChI is InChI=1S/C18H29NO2/c1-14-8-5-6-10-16(14)17(12-19-18(2,3)4)21-13-15-9-7-11-20-15/h5-6,8,10,15,17,19H,7,9,11-13H2,1-4H3. The summed E-state index contributed by atoms with van der Waals surface area (Å²) in [6.45, 7) is 11.1. The zero-order valence-corrected chi connectivity index (χ0v) is 13.8. The van der Waals surface area contributed by atoms with Gasteiger partial charge in [-0.15, -0.1) is 0 Å². The van der Waals surface area contributed by atoms with Crippen LogP contribution in [0.25, 0.3) is 0 Å². The van der Waals surface area contributed by atoms with E-state index in [1.54, 1.807) is 0 Å². The minimum atomic E-state index is 0.0784. The minimum Gasteiger partial charge on any atom is -0.376 e. The van der Waals surface area contributed by atoms with Crippen LogP contribution in [0.1, 0.15) is 50.8 Å². The molecule has 2 atom stereocenters. The average Bonchev–Trinajstić information content (AvgIpc) is 2.92. The first kappa shape index (κ1) is 16.5. The molecule has 0 aromatic heterocycles. The van der Waals surface area contributed by atoms with Crippen molar-refractivity contribution in [1.29, 1.82) is 0 Å². The van der Waals surface area contributed by atoms with Crippen molar-refractivity contribution in [2.75, 3.05) is 19.8 Å². The molecule has 0 spiro atoms. The van der Waals surface area contributed by atoms with Crippen LogP contribution in [0.2, 0.25) is 0 Å². The highest BCUT2D eigenvalue weighted by Crippen LogP contribution is 2.23. The smallest absolute Gasteiger partial charge is 0.0953 e. The maximum Gasteiger partial charge on any atom is 0.0953 e. The molecule has 2 unspecified atom stereocenters. The molecule has 1 aromatic carbocycles. The highest BCUT2D eigenvalue weighted by Gasteiger charge is 2.21.